The van der Waals surface area contributed by atoms with Gasteiger partial charge in [0.1, 0.15) is 11.5 Å². The van der Waals surface area contributed by atoms with E-state index in [9.17, 15) is 9.59 Å². The van der Waals surface area contributed by atoms with Gasteiger partial charge in [-0.3, -0.25) is 9.59 Å². The van der Waals surface area contributed by atoms with Crippen molar-refractivity contribution in [2.45, 2.75) is 13.3 Å². The molecule has 0 aromatic heterocycles. The molecule has 0 saturated heterocycles. The van der Waals surface area contributed by atoms with Crippen molar-refractivity contribution in [1.82, 2.24) is 10.6 Å². The van der Waals surface area contributed by atoms with Gasteiger partial charge < -0.3 is 20.1 Å². The molecule has 0 fully saturated rings. The van der Waals surface area contributed by atoms with Gasteiger partial charge in [0.25, 0.3) is 5.91 Å². The highest BCUT2D eigenvalue weighted by molar-refractivity contribution is 5.94. The van der Waals surface area contributed by atoms with Crippen LogP contribution < -0.4 is 20.1 Å². The van der Waals surface area contributed by atoms with E-state index >= 15 is 0 Å². The second-order valence-electron chi connectivity index (χ2n) is 5.47. The minimum Gasteiger partial charge on any atom is -0.494 e. The molecule has 0 spiro atoms. The number of ether oxygens (including phenoxy) is 2. The third kappa shape index (κ3) is 6.84. The highest BCUT2D eigenvalue weighted by Gasteiger charge is 2.06. The number of para-hydroxylation sites is 1. The number of carbonyl (C=O) groups excluding carboxylic acids is 2. The quantitative estimate of drug-likeness (QED) is 0.641. The van der Waals surface area contributed by atoms with E-state index in [2.05, 4.69) is 10.6 Å². The molecule has 2 aromatic carbocycles. The van der Waals surface area contributed by atoms with Crippen LogP contribution in [0.5, 0.6) is 11.5 Å². The van der Waals surface area contributed by atoms with Crippen molar-refractivity contribution in [3.63, 3.8) is 0 Å². The van der Waals surface area contributed by atoms with Gasteiger partial charge >= 0.3 is 0 Å². The lowest BCUT2D eigenvalue weighted by Gasteiger charge is -2.09. The summed E-state index contributed by atoms with van der Waals surface area (Å²) < 4.78 is 10.8. The number of benzene rings is 2. The number of nitrogens with one attached hydrogen (secondary N) is 2. The van der Waals surface area contributed by atoms with Gasteiger partial charge in [0.15, 0.2) is 0 Å². The predicted octanol–water partition coefficient (Wildman–Crippen LogP) is 2.40. The molecule has 0 radical (unpaired) electrons. The molecule has 2 amide bonds. The highest BCUT2D eigenvalue weighted by Crippen LogP contribution is 2.11. The Labute approximate surface area is 153 Å². The minimum absolute atomic E-state index is 0.115. The molecule has 0 unspecified atom stereocenters. The molecule has 0 bridgehead atoms. The van der Waals surface area contributed by atoms with E-state index in [4.69, 9.17) is 9.47 Å². The molecular weight excluding hydrogens is 332 g/mol. The molecule has 0 aliphatic rings. The molecule has 26 heavy (non-hydrogen) atoms. The summed E-state index contributed by atoms with van der Waals surface area (Å²) in [5, 5.41) is 5.51. The zero-order valence-electron chi connectivity index (χ0n) is 14.9. The number of hydrogen-bond donors (Lipinski definition) is 2. The standard InChI is InChI=1S/C20H24N2O4/c1-2-25-18-10-8-16(9-11-18)20(24)22-14-13-21-19(23)12-15-26-17-6-4-3-5-7-17/h3-11H,2,12-15H2,1H3,(H,21,23)(H,22,24). The molecule has 2 rings (SSSR count). The predicted molar refractivity (Wildman–Crippen MR) is 99.5 cm³/mol. The fourth-order valence-electron chi connectivity index (χ4n) is 2.22. The number of hydrogen-bond acceptors (Lipinski definition) is 4. The van der Waals surface area contributed by atoms with Crippen molar-refractivity contribution in [3.05, 3.63) is 60.2 Å². The third-order valence-electron chi connectivity index (χ3n) is 3.50. The Bertz CT molecular complexity index is 687. The first kappa shape index (κ1) is 19.3. The van der Waals surface area contributed by atoms with Crippen molar-refractivity contribution in [3.8, 4) is 11.5 Å². The normalized spacial score (nSPS) is 10.0. The first-order chi connectivity index (χ1) is 12.7. The van der Waals surface area contributed by atoms with Gasteiger partial charge in [0.05, 0.1) is 19.6 Å². The Balaban J connectivity index is 1.58. The van der Waals surface area contributed by atoms with Crippen molar-refractivity contribution in [2.75, 3.05) is 26.3 Å². The molecule has 6 nitrogen and oxygen atoms in total. The van der Waals surface area contributed by atoms with Crippen LogP contribution in [0.1, 0.15) is 23.7 Å². The first-order valence-corrected chi connectivity index (χ1v) is 8.64. The van der Waals surface area contributed by atoms with Crippen LogP contribution in [0.25, 0.3) is 0 Å². The molecule has 0 atom stereocenters. The maximum atomic E-state index is 12.0. The summed E-state index contributed by atoms with van der Waals surface area (Å²) in [4.78, 5) is 23.7. The van der Waals surface area contributed by atoms with Crippen LogP contribution in [0, 0.1) is 0 Å². The van der Waals surface area contributed by atoms with E-state index in [1.54, 1.807) is 24.3 Å². The lowest BCUT2D eigenvalue weighted by molar-refractivity contribution is -0.121. The van der Waals surface area contributed by atoms with E-state index in [0.717, 1.165) is 11.5 Å². The largest absolute Gasteiger partial charge is 0.494 e. The summed E-state index contributed by atoms with van der Waals surface area (Å²) in [6.45, 7) is 3.53. The lowest BCUT2D eigenvalue weighted by Crippen LogP contribution is -2.35. The van der Waals surface area contributed by atoms with Crippen molar-refractivity contribution >= 4 is 11.8 Å². The second kappa shape index (κ2) is 10.8. The number of rotatable bonds is 10. The van der Waals surface area contributed by atoms with Crippen molar-refractivity contribution in [1.29, 1.82) is 0 Å². The molecule has 6 heteroatoms. The maximum absolute atomic E-state index is 12.0. The molecule has 2 aromatic rings. The molecule has 0 heterocycles. The Hall–Kier alpha value is -3.02. The van der Waals surface area contributed by atoms with Gasteiger partial charge in [-0.05, 0) is 43.3 Å². The lowest BCUT2D eigenvalue weighted by atomic mass is 10.2. The van der Waals surface area contributed by atoms with Gasteiger partial charge in [-0.1, -0.05) is 18.2 Å². The van der Waals surface area contributed by atoms with E-state index in [1.807, 2.05) is 37.3 Å². The van der Waals surface area contributed by atoms with Crippen LogP contribution in [0.4, 0.5) is 0 Å². The maximum Gasteiger partial charge on any atom is 0.251 e. The SMILES string of the molecule is CCOc1ccc(C(=O)NCCNC(=O)CCOc2ccccc2)cc1. The fraction of sp³-hybridized carbons (Fsp3) is 0.300. The summed E-state index contributed by atoms with van der Waals surface area (Å²) >= 11 is 0. The Morgan fingerprint density at radius 1 is 0.846 bits per heavy atom. The average molecular weight is 356 g/mol. The van der Waals surface area contributed by atoms with Gasteiger partial charge in [0, 0.05) is 18.7 Å². The zero-order valence-corrected chi connectivity index (χ0v) is 14.9. The summed E-state index contributed by atoms with van der Waals surface area (Å²) in [7, 11) is 0. The van der Waals surface area contributed by atoms with E-state index in [-0.39, 0.29) is 18.2 Å². The number of amides is 2. The smallest absolute Gasteiger partial charge is 0.251 e. The van der Waals surface area contributed by atoms with Crippen LogP contribution in [0.3, 0.4) is 0 Å². The summed E-state index contributed by atoms with van der Waals surface area (Å²) in [5.41, 5.74) is 0.552. The summed E-state index contributed by atoms with van der Waals surface area (Å²) in [6.07, 6.45) is 0.266. The molecular formula is C20H24N2O4. The molecule has 0 saturated carbocycles. The van der Waals surface area contributed by atoms with Gasteiger partial charge in [-0.2, -0.15) is 0 Å². The first-order valence-electron chi connectivity index (χ1n) is 8.64. The van der Waals surface area contributed by atoms with Crippen molar-refractivity contribution < 1.29 is 19.1 Å². The van der Waals surface area contributed by atoms with Crippen LogP contribution in [-0.4, -0.2) is 38.1 Å². The Kier molecular flexibility index (Phi) is 7.99. The summed E-state index contributed by atoms with van der Waals surface area (Å²) in [5.74, 6) is 1.17. The summed E-state index contributed by atoms with van der Waals surface area (Å²) in [6, 6.07) is 16.3. The van der Waals surface area contributed by atoms with E-state index in [0.29, 0.717) is 31.9 Å². The molecule has 138 valence electrons. The Morgan fingerprint density at radius 2 is 1.50 bits per heavy atom. The minimum atomic E-state index is -0.185. The molecule has 0 aliphatic heterocycles. The second-order valence-corrected chi connectivity index (χ2v) is 5.47. The highest BCUT2D eigenvalue weighted by atomic mass is 16.5. The zero-order chi connectivity index (χ0) is 18.6. The third-order valence-corrected chi connectivity index (χ3v) is 3.50. The van der Waals surface area contributed by atoms with Crippen molar-refractivity contribution in [2.24, 2.45) is 0 Å². The van der Waals surface area contributed by atoms with Gasteiger partial charge in [-0.15, -0.1) is 0 Å². The fourth-order valence-corrected chi connectivity index (χ4v) is 2.22. The van der Waals surface area contributed by atoms with Crippen LogP contribution in [0.2, 0.25) is 0 Å². The molecule has 0 aliphatic carbocycles. The van der Waals surface area contributed by atoms with Gasteiger partial charge in [0.2, 0.25) is 5.91 Å². The molecule has 2 N–H and O–H groups in total. The topological polar surface area (TPSA) is 76.7 Å². The van der Waals surface area contributed by atoms with Crippen LogP contribution >= 0.6 is 0 Å². The van der Waals surface area contributed by atoms with Crippen LogP contribution in [-0.2, 0) is 4.79 Å². The monoisotopic (exact) mass is 356 g/mol. The van der Waals surface area contributed by atoms with E-state index < -0.39 is 0 Å². The van der Waals surface area contributed by atoms with Crippen LogP contribution in [0.15, 0.2) is 54.6 Å². The Morgan fingerprint density at radius 3 is 2.19 bits per heavy atom. The number of carbonyl (C=O) groups is 2. The van der Waals surface area contributed by atoms with Gasteiger partial charge in [-0.25, -0.2) is 0 Å². The average Bonchev–Trinajstić information content (AvgIpc) is 2.67. The van der Waals surface area contributed by atoms with E-state index in [1.165, 1.54) is 0 Å².